The highest BCUT2D eigenvalue weighted by molar-refractivity contribution is 4.84. The van der Waals surface area contributed by atoms with E-state index in [9.17, 15) is 0 Å². The molecule has 1 fully saturated rings. The number of nitrogens with one attached hydrogen (secondary N) is 1. The third-order valence-corrected chi connectivity index (χ3v) is 2.31. The van der Waals surface area contributed by atoms with Gasteiger partial charge < -0.3 is 11.5 Å². The largest absolute Gasteiger partial charge is 0.344 e. The lowest BCUT2D eigenvalue weighted by Crippen LogP contribution is -2.50. The van der Waals surface area contributed by atoms with Crippen molar-refractivity contribution in [3.8, 4) is 0 Å². The second-order valence-corrected chi connectivity index (χ2v) is 3.50. The predicted octanol–water partition coefficient (Wildman–Crippen LogP) is 2.48. The molecule has 0 aromatic carbocycles. The second-order valence-electron chi connectivity index (χ2n) is 3.50. The fourth-order valence-electron chi connectivity index (χ4n) is 1.65. The van der Waals surface area contributed by atoms with Crippen molar-refractivity contribution >= 4 is 0 Å². The van der Waals surface area contributed by atoms with Crippen LogP contribution in [0.5, 0.6) is 0 Å². The standard InChI is InChI=1S/C9H19N.H3N/c1-3-4-5-6-9-7-8(2)10-9;/h8-10H,3-7H2,1-2H3;1H3. The molecule has 4 N–H and O–H groups in total. The van der Waals surface area contributed by atoms with E-state index in [1.165, 1.54) is 32.1 Å². The number of rotatable bonds is 4. The number of unbranched alkanes of at least 4 members (excludes halogenated alkanes) is 2. The molecule has 2 atom stereocenters. The van der Waals surface area contributed by atoms with Gasteiger partial charge in [-0.15, -0.1) is 0 Å². The van der Waals surface area contributed by atoms with Crippen LogP contribution in [-0.4, -0.2) is 12.1 Å². The highest BCUT2D eigenvalue weighted by atomic mass is 15.0. The third kappa shape index (κ3) is 3.73. The maximum absolute atomic E-state index is 3.50. The summed E-state index contributed by atoms with van der Waals surface area (Å²) in [6.07, 6.45) is 6.98. The zero-order valence-corrected chi connectivity index (χ0v) is 7.90. The zero-order valence-electron chi connectivity index (χ0n) is 7.90. The monoisotopic (exact) mass is 158 g/mol. The van der Waals surface area contributed by atoms with Gasteiger partial charge in [0.05, 0.1) is 0 Å². The first-order valence-corrected chi connectivity index (χ1v) is 4.59. The van der Waals surface area contributed by atoms with Gasteiger partial charge in [-0.2, -0.15) is 0 Å². The van der Waals surface area contributed by atoms with Crippen LogP contribution < -0.4 is 11.5 Å². The van der Waals surface area contributed by atoms with Gasteiger partial charge in [0.25, 0.3) is 0 Å². The molecular weight excluding hydrogens is 136 g/mol. The molecule has 1 saturated heterocycles. The first-order chi connectivity index (χ1) is 4.83. The average molecular weight is 158 g/mol. The molecule has 0 spiro atoms. The van der Waals surface area contributed by atoms with Crippen LogP contribution in [0.2, 0.25) is 0 Å². The summed E-state index contributed by atoms with van der Waals surface area (Å²) in [5.41, 5.74) is 0. The van der Waals surface area contributed by atoms with E-state index in [-0.39, 0.29) is 6.15 Å². The minimum atomic E-state index is 0. The quantitative estimate of drug-likeness (QED) is 0.617. The molecule has 0 saturated carbocycles. The number of hydrogen-bond donors (Lipinski definition) is 2. The van der Waals surface area contributed by atoms with Crippen LogP contribution in [0.25, 0.3) is 0 Å². The summed E-state index contributed by atoms with van der Waals surface area (Å²) in [5.74, 6) is 0. The van der Waals surface area contributed by atoms with E-state index < -0.39 is 0 Å². The number of hydrogen-bond acceptors (Lipinski definition) is 2. The van der Waals surface area contributed by atoms with Gasteiger partial charge in [0.15, 0.2) is 0 Å². The van der Waals surface area contributed by atoms with Crippen molar-refractivity contribution in [1.82, 2.24) is 11.5 Å². The van der Waals surface area contributed by atoms with Gasteiger partial charge in [-0.1, -0.05) is 26.2 Å². The van der Waals surface area contributed by atoms with Crippen molar-refractivity contribution in [2.75, 3.05) is 0 Å². The molecule has 2 heteroatoms. The van der Waals surface area contributed by atoms with Crippen LogP contribution in [0.3, 0.4) is 0 Å². The van der Waals surface area contributed by atoms with Gasteiger partial charge in [-0.25, -0.2) is 0 Å². The van der Waals surface area contributed by atoms with Gasteiger partial charge in [0, 0.05) is 12.1 Å². The highest BCUT2D eigenvalue weighted by Crippen LogP contribution is 2.16. The Hall–Kier alpha value is -0.0800. The minimum Gasteiger partial charge on any atom is -0.344 e. The van der Waals surface area contributed by atoms with Crippen molar-refractivity contribution in [2.24, 2.45) is 0 Å². The second kappa shape index (κ2) is 5.56. The molecule has 0 aromatic rings. The van der Waals surface area contributed by atoms with Crippen LogP contribution in [-0.2, 0) is 0 Å². The molecule has 11 heavy (non-hydrogen) atoms. The van der Waals surface area contributed by atoms with Crippen molar-refractivity contribution in [1.29, 1.82) is 0 Å². The summed E-state index contributed by atoms with van der Waals surface area (Å²) in [6, 6.07) is 1.66. The summed E-state index contributed by atoms with van der Waals surface area (Å²) in [4.78, 5) is 0. The van der Waals surface area contributed by atoms with E-state index in [1.54, 1.807) is 0 Å². The van der Waals surface area contributed by atoms with Crippen molar-refractivity contribution in [3.63, 3.8) is 0 Å². The molecule has 0 bridgehead atoms. The fourth-order valence-corrected chi connectivity index (χ4v) is 1.65. The summed E-state index contributed by atoms with van der Waals surface area (Å²) in [5, 5.41) is 3.50. The Labute approximate surface area is 70.3 Å². The van der Waals surface area contributed by atoms with Crippen LogP contribution in [0.1, 0.15) is 46.0 Å². The van der Waals surface area contributed by atoms with E-state index >= 15 is 0 Å². The van der Waals surface area contributed by atoms with E-state index in [4.69, 9.17) is 0 Å². The average Bonchev–Trinajstić information content (AvgIpc) is 1.85. The Balaban J connectivity index is 0.000001000. The molecule has 0 aromatic heterocycles. The van der Waals surface area contributed by atoms with Gasteiger partial charge in [-0.3, -0.25) is 0 Å². The van der Waals surface area contributed by atoms with Gasteiger partial charge >= 0.3 is 0 Å². The van der Waals surface area contributed by atoms with Crippen molar-refractivity contribution in [3.05, 3.63) is 0 Å². The smallest absolute Gasteiger partial charge is 0.00842 e. The Morgan fingerprint density at radius 3 is 2.45 bits per heavy atom. The Morgan fingerprint density at radius 2 is 2.00 bits per heavy atom. The summed E-state index contributed by atoms with van der Waals surface area (Å²) < 4.78 is 0. The summed E-state index contributed by atoms with van der Waals surface area (Å²) >= 11 is 0. The topological polar surface area (TPSA) is 47.0 Å². The van der Waals surface area contributed by atoms with E-state index in [0.29, 0.717) is 0 Å². The van der Waals surface area contributed by atoms with Gasteiger partial charge in [-0.05, 0) is 19.8 Å². The van der Waals surface area contributed by atoms with Crippen molar-refractivity contribution in [2.45, 2.75) is 58.0 Å². The first kappa shape index (κ1) is 10.9. The molecule has 0 amide bonds. The molecular formula is C9H22N2. The van der Waals surface area contributed by atoms with Crippen LogP contribution >= 0.6 is 0 Å². The molecule has 1 aliphatic heterocycles. The zero-order chi connectivity index (χ0) is 7.40. The normalized spacial score (nSPS) is 28.9. The maximum atomic E-state index is 3.50. The Kier molecular flexibility index (Phi) is 5.51. The highest BCUT2D eigenvalue weighted by Gasteiger charge is 2.22. The molecule has 1 heterocycles. The fraction of sp³-hybridized carbons (Fsp3) is 1.00. The molecule has 1 aliphatic rings. The molecule has 2 unspecified atom stereocenters. The summed E-state index contributed by atoms with van der Waals surface area (Å²) in [7, 11) is 0. The first-order valence-electron chi connectivity index (χ1n) is 4.59. The van der Waals surface area contributed by atoms with Gasteiger partial charge in [0.2, 0.25) is 0 Å². The molecule has 68 valence electrons. The molecule has 0 radical (unpaired) electrons. The van der Waals surface area contributed by atoms with Crippen LogP contribution in [0.15, 0.2) is 0 Å². The van der Waals surface area contributed by atoms with Gasteiger partial charge in [0.1, 0.15) is 0 Å². The van der Waals surface area contributed by atoms with Crippen LogP contribution in [0.4, 0.5) is 0 Å². The van der Waals surface area contributed by atoms with E-state index in [1.807, 2.05) is 0 Å². The molecule has 1 rings (SSSR count). The Morgan fingerprint density at radius 1 is 1.36 bits per heavy atom. The summed E-state index contributed by atoms with van der Waals surface area (Å²) in [6.45, 7) is 4.52. The minimum absolute atomic E-state index is 0. The lowest BCUT2D eigenvalue weighted by molar-refractivity contribution is 0.262. The molecule has 2 nitrogen and oxygen atoms in total. The third-order valence-electron chi connectivity index (χ3n) is 2.31. The lowest BCUT2D eigenvalue weighted by atomic mass is 9.94. The SMILES string of the molecule is CCCCCC1CC(C)N1.N. The predicted molar refractivity (Wildman–Crippen MR) is 50.2 cm³/mol. The van der Waals surface area contributed by atoms with Crippen molar-refractivity contribution < 1.29 is 0 Å². The van der Waals surface area contributed by atoms with E-state index in [0.717, 1.165) is 12.1 Å². The maximum Gasteiger partial charge on any atom is 0.00842 e. The molecule has 0 aliphatic carbocycles. The lowest BCUT2D eigenvalue weighted by Gasteiger charge is -2.34. The van der Waals surface area contributed by atoms with E-state index in [2.05, 4.69) is 19.2 Å². The van der Waals surface area contributed by atoms with Crippen LogP contribution in [0, 0.1) is 0 Å². The Bertz CT molecular complexity index is 87.6.